The Morgan fingerprint density at radius 1 is 1.04 bits per heavy atom. The molecule has 0 saturated heterocycles. The van der Waals surface area contributed by atoms with Crippen molar-refractivity contribution in [1.82, 2.24) is 10.9 Å². The van der Waals surface area contributed by atoms with Crippen LogP contribution in [0.4, 0.5) is 0 Å². The molecule has 1 aromatic carbocycles. The van der Waals surface area contributed by atoms with Gasteiger partial charge >= 0.3 is 0 Å². The highest BCUT2D eigenvalue weighted by molar-refractivity contribution is 5.98. The second-order valence-corrected chi connectivity index (χ2v) is 5.96. The summed E-state index contributed by atoms with van der Waals surface area (Å²) in [6.07, 6.45) is 0.544. The first-order valence-electron chi connectivity index (χ1n) is 7.55. The fourth-order valence-electron chi connectivity index (χ4n) is 2.76. The van der Waals surface area contributed by atoms with Gasteiger partial charge in [0.2, 0.25) is 5.91 Å². The number of aromatic hydroxyl groups is 1. The summed E-state index contributed by atoms with van der Waals surface area (Å²) in [5.74, 6) is -4.54. The smallest absolute Gasteiger partial charge is 0.273 e. The molecule has 2 amide bonds. The molecule has 7 nitrogen and oxygen atoms in total. The number of phenols is 1. The molecule has 7 heteroatoms. The molecule has 0 radical (unpaired) electrons. The number of hydrogen-bond donors (Lipinski definition) is 3. The van der Waals surface area contributed by atoms with Gasteiger partial charge in [-0.25, -0.2) is 0 Å². The number of phenolic OH excluding ortho intramolecular Hbond substituents is 1. The Labute approximate surface area is 139 Å². The molecule has 1 aliphatic carbocycles. The maximum atomic E-state index is 12.3. The fourth-order valence-corrected chi connectivity index (χ4v) is 2.76. The van der Waals surface area contributed by atoms with Crippen molar-refractivity contribution in [1.29, 1.82) is 0 Å². The number of hydrazine groups is 1. The molecule has 2 rings (SSSR count). The van der Waals surface area contributed by atoms with Crippen molar-refractivity contribution in [3.8, 4) is 5.75 Å². The highest BCUT2D eigenvalue weighted by Gasteiger charge is 2.33. The third-order valence-corrected chi connectivity index (χ3v) is 4.35. The van der Waals surface area contributed by atoms with Gasteiger partial charge in [0.25, 0.3) is 5.91 Å². The first kappa shape index (κ1) is 17.5. The Hall–Kier alpha value is -2.83. The molecule has 2 atom stereocenters. The van der Waals surface area contributed by atoms with E-state index in [1.54, 1.807) is 12.1 Å². The largest absolute Gasteiger partial charge is 0.550 e. The van der Waals surface area contributed by atoms with Crippen molar-refractivity contribution < 1.29 is 24.6 Å². The molecule has 0 unspecified atom stereocenters. The second-order valence-electron chi connectivity index (χ2n) is 5.96. The molecule has 0 bridgehead atoms. The summed E-state index contributed by atoms with van der Waals surface area (Å²) < 4.78 is 0. The zero-order chi connectivity index (χ0) is 17.9. The summed E-state index contributed by atoms with van der Waals surface area (Å²) in [7, 11) is 0. The number of aliphatic carboxylic acids is 1. The quantitative estimate of drug-likeness (QED) is 0.542. The molecular formula is C17H19N2O5-. The molecule has 1 aliphatic rings. The van der Waals surface area contributed by atoms with Gasteiger partial charge in [0.05, 0.1) is 11.5 Å². The molecule has 0 saturated carbocycles. The molecule has 0 heterocycles. The van der Waals surface area contributed by atoms with E-state index >= 15 is 0 Å². The molecular weight excluding hydrogens is 312 g/mol. The lowest BCUT2D eigenvalue weighted by Crippen LogP contribution is -2.49. The van der Waals surface area contributed by atoms with Crippen molar-refractivity contribution in [2.24, 2.45) is 11.8 Å². The van der Waals surface area contributed by atoms with Crippen LogP contribution in [0.25, 0.3) is 0 Å². The average Bonchev–Trinajstić information content (AvgIpc) is 2.54. The Balaban J connectivity index is 2.05. The van der Waals surface area contributed by atoms with Crippen LogP contribution >= 0.6 is 0 Å². The van der Waals surface area contributed by atoms with Gasteiger partial charge in [-0.2, -0.15) is 0 Å². The zero-order valence-corrected chi connectivity index (χ0v) is 13.5. The number of allylic oxidation sites excluding steroid dienone is 2. The predicted octanol–water partition coefficient (Wildman–Crippen LogP) is 0.266. The number of benzene rings is 1. The van der Waals surface area contributed by atoms with Crippen LogP contribution in [-0.4, -0.2) is 22.9 Å². The maximum Gasteiger partial charge on any atom is 0.273 e. The standard InChI is InChI=1S/C17H20N2O5/c1-9-7-12(13(17(23)24)8-10(9)2)16(22)19-18-15(21)11-5-3-4-6-14(11)20/h3-6,12-13,20H,7-8H2,1-2H3,(H,18,21)(H,19,22)(H,23,24)/p-1/t12-,13-/m1/s1. The summed E-state index contributed by atoms with van der Waals surface area (Å²) >= 11 is 0. The summed E-state index contributed by atoms with van der Waals surface area (Å²) in [5, 5.41) is 20.9. The minimum absolute atomic E-state index is 0.00446. The van der Waals surface area contributed by atoms with E-state index in [0.717, 1.165) is 11.1 Å². The van der Waals surface area contributed by atoms with Gasteiger partial charge in [-0.15, -0.1) is 0 Å². The third-order valence-electron chi connectivity index (χ3n) is 4.35. The van der Waals surface area contributed by atoms with E-state index in [0.29, 0.717) is 6.42 Å². The predicted molar refractivity (Wildman–Crippen MR) is 83.3 cm³/mol. The van der Waals surface area contributed by atoms with Gasteiger partial charge in [-0.1, -0.05) is 23.3 Å². The Bertz CT molecular complexity index is 711. The van der Waals surface area contributed by atoms with Gasteiger partial charge in [-0.3, -0.25) is 20.4 Å². The van der Waals surface area contributed by atoms with Crippen LogP contribution in [0.1, 0.15) is 37.0 Å². The van der Waals surface area contributed by atoms with Crippen molar-refractivity contribution in [2.45, 2.75) is 26.7 Å². The number of hydrogen-bond acceptors (Lipinski definition) is 5. The lowest BCUT2D eigenvalue weighted by atomic mass is 9.76. The number of para-hydroxylation sites is 1. The minimum atomic E-state index is -1.28. The van der Waals surface area contributed by atoms with Crippen LogP contribution in [0, 0.1) is 11.8 Å². The number of rotatable bonds is 3. The SMILES string of the molecule is CC1=C(C)C[C@@H](C(=O)NNC(=O)c2ccccc2O)[C@H](C(=O)[O-])C1. The number of carboxylic acids is 1. The molecule has 0 aliphatic heterocycles. The van der Waals surface area contributed by atoms with E-state index in [4.69, 9.17) is 0 Å². The van der Waals surface area contributed by atoms with Gasteiger partial charge in [0.1, 0.15) is 5.75 Å². The molecule has 24 heavy (non-hydrogen) atoms. The average molecular weight is 331 g/mol. The second kappa shape index (κ2) is 7.16. The van der Waals surface area contributed by atoms with Gasteiger partial charge in [0.15, 0.2) is 0 Å². The van der Waals surface area contributed by atoms with Crippen LogP contribution in [0.3, 0.4) is 0 Å². The lowest BCUT2D eigenvalue weighted by molar-refractivity contribution is -0.313. The number of carboxylic acid groups (broad SMARTS) is 1. The third kappa shape index (κ3) is 3.73. The van der Waals surface area contributed by atoms with E-state index in [2.05, 4.69) is 10.9 Å². The molecule has 3 N–H and O–H groups in total. The number of nitrogens with one attached hydrogen (secondary N) is 2. The summed E-state index contributed by atoms with van der Waals surface area (Å²) in [5.41, 5.74) is 6.33. The summed E-state index contributed by atoms with van der Waals surface area (Å²) in [6.45, 7) is 3.68. The molecule has 0 aromatic heterocycles. The zero-order valence-electron chi connectivity index (χ0n) is 13.5. The normalized spacial score (nSPS) is 20.4. The highest BCUT2D eigenvalue weighted by Crippen LogP contribution is 2.33. The van der Waals surface area contributed by atoms with E-state index in [-0.39, 0.29) is 17.7 Å². The molecule has 0 spiro atoms. The van der Waals surface area contributed by atoms with E-state index in [1.807, 2.05) is 13.8 Å². The van der Waals surface area contributed by atoms with Crippen molar-refractivity contribution in [3.05, 3.63) is 41.0 Å². The van der Waals surface area contributed by atoms with Gasteiger partial charge in [-0.05, 0) is 38.8 Å². The molecule has 1 aromatic rings. The Morgan fingerprint density at radius 3 is 2.21 bits per heavy atom. The van der Waals surface area contributed by atoms with Crippen LogP contribution in [-0.2, 0) is 9.59 Å². The first-order valence-corrected chi connectivity index (χ1v) is 7.55. The number of amides is 2. The lowest BCUT2D eigenvalue weighted by Gasteiger charge is -2.32. The van der Waals surface area contributed by atoms with Crippen LogP contribution in [0.15, 0.2) is 35.4 Å². The van der Waals surface area contributed by atoms with Crippen molar-refractivity contribution in [2.75, 3.05) is 0 Å². The van der Waals surface area contributed by atoms with Crippen molar-refractivity contribution >= 4 is 17.8 Å². The molecule has 0 fully saturated rings. The first-order chi connectivity index (χ1) is 11.3. The maximum absolute atomic E-state index is 12.3. The van der Waals surface area contributed by atoms with E-state index in [9.17, 15) is 24.6 Å². The highest BCUT2D eigenvalue weighted by atomic mass is 16.4. The van der Waals surface area contributed by atoms with E-state index < -0.39 is 29.6 Å². The topological polar surface area (TPSA) is 119 Å². The number of carbonyl (C=O) groups excluding carboxylic acids is 3. The van der Waals surface area contributed by atoms with Crippen LogP contribution in [0.2, 0.25) is 0 Å². The van der Waals surface area contributed by atoms with Gasteiger partial charge in [0, 0.05) is 11.9 Å². The minimum Gasteiger partial charge on any atom is -0.550 e. The van der Waals surface area contributed by atoms with Crippen LogP contribution < -0.4 is 16.0 Å². The summed E-state index contributed by atoms with van der Waals surface area (Å²) in [4.78, 5) is 35.5. The number of carbonyl (C=O) groups is 3. The Kier molecular flexibility index (Phi) is 5.23. The summed E-state index contributed by atoms with van der Waals surface area (Å²) in [6, 6.07) is 5.88. The van der Waals surface area contributed by atoms with Gasteiger partial charge < -0.3 is 15.0 Å². The Morgan fingerprint density at radius 2 is 1.62 bits per heavy atom. The molecule has 128 valence electrons. The van der Waals surface area contributed by atoms with Crippen molar-refractivity contribution in [3.63, 3.8) is 0 Å². The fraction of sp³-hybridized carbons (Fsp3) is 0.353. The monoisotopic (exact) mass is 331 g/mol. The van der Waals surface area contributed by atoms with E-state index in [1.165, 1.54) is 12.1 Å². The van der Waals surface area contributed by atoms with Crippen LogP contribution in [0.5, 0.6) is 5.75 Å².